The molecule has 196 valence electrons. The van der Waals surface area contributed by atoms with E-state index in [0.29, 0.717) is 18.2 Å². The Morgan fingerprint density at radius 2 is 1.89 bits per heavy atom. The zero-order chi connectivity index (χ0) is 25.4. The van der Waals surface area contributed by atoms with E-state index in [1.54, 1.807) is 6.92 Å². The van der Waals surface area contributed by atoms with Crippen LogP contribution in [-0.2, 0) is 4.79 Å². The molecule has 4 N–H and O–H groups in total. The number of hydrogen-bond donors (Lipinski definition) is 4. The molecule has 10 nitrogen and oxygen atoms in total. The Labute approximate surface area is 207 Å². The number of rotatable bonds is 12. The second-order valence-corrected chi connectivity index (χ2v) is 9.62. The molecule has 0 unspecified atom stereocenters. The van der Waals surface area contributed by atoms with Gasteiger partial charge in [-0.05, 0) is 45.2 Å². The molecule has 0 radical (unpaired) electrons. The molecule has 1 aromatic heterocycles. The smallest absolute Gasteiger partial charge is 0.404 e. The fourth-order valence-corrected chi connectivity index (χ4v) is 5.27. The molecular weight excluding hydrogens is 453 g/mol. The number of carbonyl (C=O) groups excluding carboxylic acids is 1. The number of carbonyl (C=O) groups is 2. The molecule has 1 saturated carbocycles. The number of anilines is 2. The summed E-state index contributed by atoms with van der Waals surface area (Å²) in [6, 6.07) is 0.166. The number of amides is 2. The lowest BCUT2D eigenvalue weighted by molar-refractivity contribution is -0.124. The third kappa shape index (κ3) is 7.39. The van der Waals surface area contributed by atoms with E-state index in [1.807, 2.05) is 4.90 Å². The summed E-state index contributed by atoms with van der Waals surface area (Å²) >= 11 is 0. The minimum atomic E-state index is -1.17. The first-order chi connectivity index (χ1) is 16.8. The Kier molecular flexibility index (Phi) is 9.88. The molecule has 1 saturated heterocycles. The van der Waals surface area contributed by atoms with Crippen LogP contribution in [-0.4, -0.2) is 70.7 Å². The maximum atomic E-state index is 15.5. The van der Waals surface area contributed by atoms with Crippen molar-refractivity contribution in [2.24, 2.45) is 11.8 Å². The van der Waals surface area contributed by atoms with Gasteiger partial charge in [0, 0.05) is 25.7 Å². The van der Waals surface area contributed by atoms with E-state index in [0.717, 1.165) is 64.7 Å². The number of likely N-dealkylation sites (N-methyl/N-ethyl adjacent to an activating group) is 1. The standard InChI is InChI=1S/C24H40FN7O3/c1-4-31(5-2)15-19-11-8-12-32(19)22-20(25)21(27-16(3)28-22)29-30-23(33)18(14-26-24(34)35)13-17-9-6-7-10-17/h17-19,26H,4-15H2,1-3H3,(H,30,33)(H,34,35)(H,27,28,29)/t18-,19+/m1/s1. The Morgan fingerprint density at radius 1 is 1.17 bits per heavy atom. The Bertz CT molecular complexity index is 862. The minimum absolute atomic E-state index is 0.0106. The van der Waals surface area contributed by atoms with Gasteiger partial charge >= 0.3 is 6.09 Å². The molecule has 0 spiro atoms. The average Bonchev–Trinajstić information content (AvgIpc) is 3.52. The first-order valence-electron chi connectivity index (χ1n) is 12.9. The number of halogens is 1. The highest BCUT2D eigenvalue weighted by Gasteiger charge is 2.31. The Hall–Kier alpha value is -2.69. The van der Waals surface area contributed by atoms with Crippen molar-refractivity contribution in [1.82, 2.24) is 25.6 Å². The van der Waals surface area contributed by atoms with Crippen molar-refractivity contribution in [3.8, 4) is 0 Å². The molecule has 35 heavy (non-hydrogen) atoms. The molecule has 2 heterocycles. The second kappa shape index (κ2) is 12.9. The Balaban J connectivity index is 1.70. The first kappa shape index (κ1) is 26.9. The van der Waals surface area contributed by atoms with Gasteiger partial charge in [0.25, 0.3) is 0 Å². The van der Waals surface area contributed by atoms with Crippen LogP contribution in [0.25, 0.3) is 0 Å². The number of carboxylic acid groups (broad SMARTS) is 1. The zero-order valence-electron chi connectivity index (χ0n) is 21.1. The molecule has 3 rings (SSSR count). The van der Waals surface area contributed by atoms with E-state index in [4.69, 9.17) is 5.11 Å². The quantitative estimate of drug-likeness (QED) is 0.328. The molecular formula is C24H40FN7O3. The number of nitrogens with zero attached hydrogens (tertiary/aromatic N) is 4. The molecule has 2 fully saturated rings. The van der Waals surface area contributed by atoms with Gasteiger partial charge in [-0.1, -0.05) is 39.5 Å². The summed E-state index contributed by atoms with van der Waals surface area (Å²) in [5.74, 6) is -0.573. The van der Waals surface area contributed by atoms with Crippen molar-refractivity contribution < 1.29 is 19.1 Å². The van der Waals surface area contributed by atoms with Crippen LogP contribution in [0.4, 0.5) is 20.8 Å². The predicted molar refractivity (Wildman–Crippen MR) is 133 cm³/mol. The van der Waals surface area contributed by atoms with Crippen LogP contribution in [0.1, 0.15) is 64.6 Å². The molecule has 1 aromatic rings. The van der Waals surface area contributed by atoms with Gasteiger partial charge in [-0.3, -0.25) is 15.6 Å². The van der Waals surface area contributed by atoms with Crippen LogP contribution < -0.4 is 21.1 Å². The molecule has 1 aliphatic carbocycles. The predicted octanol–water partition coefficient (Wildman–Crippen LogP) is 3.14. The van der Waals surface area contributed by atoms with Crippen molar-refractivity contribution in [1.29, 1.82) is 0 Å². The number of aryl methyl sites for hydroxylation is 1. The van der Waals surface area contributed by atoms with E-state index < -0.39 is 17.8 Å². The number of hydrogen-bond acceptors (Lipinski definition) is 7. The molecule has 1 aliphatic heterocycles. The second-order valence-electron chi connectivity index (χ2n) is 9.62. The number of hydrazine groups is 1. The van der Waals surface area contributed by atoms with Crippen molar-refractivity contribution in [2.45, 2.75) is 71.8 Å². The maximum absolute atomic E-state index is 15.5. The fraction of sp³-hybridized carbons (Fsp3) is 0.750. The van der Waals surface area contributed by atoms with Gasteiger partial charge in [-0.25, -0.2) is 14.8 Å². The van der Waals surface area contributed by atoms with Crippen LogP contribution >= 0.6 is 0 Å². The zero-order valence-corrected chi connectivity index (χ0v) is 21.1. The molecule has 2 aliphatic rings. The van der Waals surface area contributed by atoms with Gasteiger partial charge in [-0.15, -0.1) is 0 Å². The van der Waals surface area contributed by atoms with Crippen molar-refractivity contribution in [3.63, 3.8) is 0 Å². The van der Waals surface area contributed by atoms with Gasteiger partial charge in [0.05, 0.1) is 5.92 Å². The number of aromatic nitrogens is 2. The summed E-state index contributed by atoms with van der Waals surface area (Å²) in [5, 5.41) is 11.3. The highest BCUT2D eigenvalue weighted by molar-refractivity contribution is 5.80. The normalized spacial score (nSPS) is 19.2. The summed E-state index contributed by atoms with van der Waals surface area (Å²) in [5.41, 5.74) is 5.22. The molecule has 0 aromatic carbocycles. The summed E-state index contributed by atoms with van der Waals surface area (Å²) < 4.78 is 15.5. The van der Waals surface area contributed by atoms with E-state index in [9.17, 15) is 9.59 Å². The molecule has 11 heteroatoms. The highest BCUT2D eigenvalue weighted by atomic mass is 19.1. The highest BCUT2D eigenvalue weighted by Crippen LogP contribution is 2.31. The van der Waals surface area contributed by atoms with E-state index >= 15 is 4.39 Å². The van der Waals surface area contributed by atoms with Gasteiger partial charge < -0.3 is 20.2 Å². The number of nitrogens with one attached hydrogen (secondary N) is 3. The third-order valence-corrected chi connectivity index (χ3v) is 7.23. The average molecular weight is 494 g/mol. The van der Waals surface area contributed by atoms with E-state index in [1.165, 1.54) is 0 Å². The van der Waals surface area contributed by atoms with Gasteiger partial charge in [0.1, 0.15) is 5.82 Å². The van der Waals surface area contributed by atoms with Crippen LogP contribution in [0, 0.1) is 24.6 Å². The van der Waals surface area contributed by atoms with E-state index in [2.05, 4.69) is 44.9 Å². The molecule has 2 amide bonds. The lowest BCUT2D eigenvalue weighted by atomic mass is 9.92. The van der Waals surface area contributed by atoms with Crippen LogP contribution in [0.5, 0.6) is 0 Å². The lowest BCUT2D eigenvalue weighted by Crippen LogP contribution is -2.42. The summed E-state index contributed by atoms with van der Waals surface area (Å²) in [6.45, 7) is 9.38. The van der Waals surface area contributed by atoms with Crippen LogP contribution in [0.3, 0.4) is 0 Å². The third-order valence-electron chi connectivity index (χ3n) is 7.23. The van der Waals surface area contributed by atoms with E-state index in [-0.39, 0.29) is 30.1 Å². The first-order valence-corrected chi connectivity index (χ1v) is 12.9. The lowest BCUT2D eigenvalue weighted by Gasteiger charge is -2.31. The van der Waals surface area contributed by atoms with Crippen molar-refractivity contribution >= 4 is 23.6 Å². The van der Waals surface area contributed by atoms with Crippen LogP contribution in [0.2, 0.25) is 0 Å². The minimum Gasteiger partial charge on any atom is -0.465 e. The summed E-state index contributed by atoms with van der Waals surface area (Å²) in [7, 11) is 0. The fourth-order valence-electron chi connectivity index (χ4n) is 5.27. The Morgan fingerprint density at radius 3 is 2.54 bits per heavy atom. The summed E-state index contributed by atoms with van der Waals surface area (Å²) in [6.07, 6.45) is 5.69. The van der Waals surface area contributed by atoms with Gasteiger partial charge in [0.2, 0.25) is 11.7 Å². The molecule has 0 bridgehead atoms. The van der Waals surface area contributed by atoms with Crippen molar-refractivity contribution in [3.05, 3.63) is 11.6 Å². The van der Waals surface area contributed by atoms with Gasteiger partial charge in [-0.2, -0.15) is 4.39 Å². The van der Waals surface area contributed by atoms with Crippen LogP contribution in [0.15, 0.2) is 0 Å². The maximum Gasteiger partial charge on any atom is 0.404 e. The SMILES string of the molecule is CCN(CC)C[C@@H]1CCCN1c1nc(C)nc(NNC(=O)[C@@H](CNC(=O)O)CC2CCCC2)c1F. The van der Waals surface area contributed by atoms with Crippen molar-refractivity contribution in [2.75, 3.05) is 43.0 Å². The van der Waals surface area contributed by atoms with Gasteiger partial charge in [0.15, 0.2) is 11.6 Å². The topological polar surface area (TPSA) is 123 Å². The monoisotopic (exact) mass is 493 g/mol. The largest absolute Gasteiger partial charge is 0.465 e. The molecule has 2 atom stereocenters. The summed E-state index contributed by atoms with van der Waals surface area (Å²) in [4.78, 5) is 36.8.